The van der Waals surface area contributed by atoms with Gasteiger partial charge in [0.05, 0.1) is 17.9 Å². The number of hydrogen-bond acceptors (Lipinski definition) is 4. The Balaban J connectivity index is 2.06. The van der Waals surface area contributed by atoms with Crippen molar-refractivity contribution >= 4 is 35.7 Å². The molecule has 0 radical (unpaired) electrons. The van der Waals surface area contributed by atoms with E-state index in [9.17, 15) is 8.42 Å². The van der Waals surface area contributed by atoms with E-state index in [1.807, 2.05) is 24.3 Å². The van der Waals surface area contributed by atoms with Crippen LogP contribution in [0.5, 0.6) is 5.75 Å². The van der Waals surface area contributed by atoms with E-state index in [2.05, 4.69) is 21.0 Å². The number of halogens is 2. The lowest BCUT2D eigenvalue weighted by molar-refractivity contribution is 0.289. The van der Waals surface area contributed by atoms with Crippen LogP contribution in [-0.2, 0) is 15.6 Å². The van der Waals surface area contributed by atoms with Crippen molar-refractivity contribution < 1.29 is 13.2 Å². The van der Waals surface area contributed by atoms with E-state index in [-0.39, 0.29) is 4.90 Å². The maximum atomic E-state index is 11.5. The molecule has 0 saturated carbocycles. The Hall–Kier alpha value is -1.05. The molecule has 0 bridgehead atoms. The highest BCUT2D eigenvalue weighted by Gasteiger charge is 2.22. The van der Waals surface area contributed by atoms with Gasteiger partial charge in [0.1, 0.15) is 17.3 Å². The van der Waals surface area contributed by atoms with Crippen molar-refractivity contribution in [1.29, 1.82) is 0 Å². The van der Waals surface area contributed by atoms with E-state index in [4.69, 9.17) is 15.4 Å². The van der Waals surface area contributed by atoms with Gasteiger partial charge < -0.3 is 4.74 Å². The number of nitrogens with zero attached hydrogens (tertiary/aromatic N) is 2. The van der Waals surface area contributed by atoms with Crippen molar-refractivity contribution in [2.24, 2.45) is 0 Å². The molecule has 0 aliphatic carbocycles. The fourth-order valence-electron chi connectivity index (χ4n) is 2.03. The number of hydrogen-bond donors (Lipinski definition) is 0. The third-order valence-electron chi connectivity index (χ3n) is 2.94. The summed E-state index contributed by atoms with van der Waals surface area (Å²) in [5.74, 6) is 0.741. The number of benzene rings is 1. The first kappa shape index (κ1) is 16.3. The molecule has 2 rings (SSSR count). The molecule has 8 heteroatoms. The van der Waals surface area contributed by atoms with Gasteiger partial charge in [-0.25, -0.2) is 8.42 Å². The minimum Gasteiger partial charge on any atom is -0.492 e. The Morgan fingerprint density at radius 2 is 1.90 bits per heavy atom. The van der Waals surface area contributed by atoms with Gasteiger partial charge in [-0.2, -0.15) is 5.10 Å². The topological polar surface area (TPSA) is 61.2 Å². The molecule has 0 amide bonds. The second-order valence-corrected chi connectivity index (χ2v) is 7.88. The van der Waals surface area contributed by atoms with E-state index in [1.165, 1.54) is 0 Å². The predicted molar refractivity (Wildman–Crippen MR) is 84.4 cm³/mol. The van der Waals surface area contributed by atoms with E-state index in [0.717, 1.165) is 10.2 Å². The Morgan fingerprint density at radius 3 is 2.43 bits per heavy atom. The first-order valence-electron chi connectivity index (χ1n) is 6.16. The van der Waals surface area contributed by atoms with Gasteiger partial charge in [-0.1, -0.05) is 15.9 Å². The highest BCUT2D eigenvalue weighted by molar-refractivity contribution is 9.10. The minimum absolute atomic E-state index is 0.0767. The van der Waals surface area contributed by atoms with Crippen LogP contribution in [0.2, 0.25) is 0 Å². The van der Waals surface area contributed by atoms with Gasteiger partial charge in [0, 0.05) is 15.2 Å². The Kier molecular flexibility index (Phi) is 4.95. The lowest BCUT2D eigenvalue weighted by Crippen LogP contribution is -2.11. The van der Waals surface area contributed by atoms with E-state index in [0.29, 0.717) is 24.5 Å². The van der Waals surface area contributed by atoms with Crippen LogP contribution in [0.15, 0.2) is 33.6 Å². The van der Waals surface area contributed by atoms with E-state index in [1.54, 1.807) is 18.5 Å². The second-order valence-electron chi connectivity index (χ2n) is 4.46. The summed E-state index contributed by atoms with van der Waals surface area (Å²) in [6.07, 6.45) is 0. The third kappa shape index (κ3) is 3.99. The Bertz CT molecular complexity index is 742. The van der Waals surface area contributed by atoms with Crippen LogP contribution in [0.1, 0.15) is 11.4 Å². The number of aryl methyl sites for hydroxylation is 1. The molecule has 0 unspecified atom stereocenters. The number of aromatic nitrogens is 2. The monoisotopic (exact) mass is 392 g/mol. The fraction of sp³-hybridized carbons (Fsp3) is 0.308. The summed E-state index contributed by atoms with van der Waals surface area (Å²) < 4.78 is 31.1. The lowest BCUT2D eigenvalue weighted by atomic mass is 10.3. The standard InChI is InChI=1S/C13H14BrClN2O3S/c1-9-13(21(15,18)19)10(2)17(16-9)7-8-20-12-5-3-11(14)4-6-12/h3-6H,7-8H2,1-2H3. The molecular weight excluding hydrogens is 380 g/mol. The van der Waals surface area contributed by atoms with Crippen molar-refractivity contribution in [3.05, 3.63) is 40.1 Å². The molecule has 1 heterocycles. The molecule has 21 heavy (non-hydrogen) atoms. The zero-order valence-corrected chi connectivity index (χ0v) is 14.7. The lowest BCUT2D eigenvalue weighted by Gasteiger charge is -2.08. The smallest absolute Gasteiger partial charge is 0.264 e. The summed E-state index contributed by atoms with van der Waals surface area (Å²) in [7, 11) is 1.63. The highest BCUT2D eigenvalue weighted by atomic mass is 79.9. The normalized spacial score (nSPS) is 11.6. The molecule has 1 aromatic carbocycles. The number of rotatable bonds is 5. The summed E-state index contributed by atoms with van der Waals surface area (Å²) in [4.78, 5) is 0.0767. The third-order valence-corrected chi connectivity index (χ3v) is 5.01. The molecule has 5 nitrogen and oxygen atoms in total. The average molecular weight is 394 g/mol. The van der Waals surface area contributed by atoms with Crippen molar-refractivity contribution in [3.8, 4) is 5.75 Å². The fourth-order valence-corrected chi connectivity index (χ4v) is 3.82. The Morgan fingerprint density at radius 1 is 1.29 bits per heavy atom. The molecule has 0 N–H and O–H groups in total. The quantitative estimate of drug-likeness (QED) is 0.732. The van der Waals surface area contributed by atoms with Gasteiger partial charge in [0.15, 0.2) is 0 Å². The maximum absolute atomic E-state index is 11.5. The predicted octanol–water partition coefficient (Wildman–Crippen LogP) is 3.27. The first-order valence-corrected chi connectivity index (χ1v) is 9.26. The van der Waals surface area contributed by atoms with Crippen LogP contribution in [0.4, 0.5) is 0 Å². The van der Waals surface area contributed by atoms with E-state index < -0.39 is 9.05 Å². The van der Waals surface area contributed by atoms with Crippen LogP contribution < -0.4 is 4.74 Å². The molecule has 0 atom stereocenters. The SMILES string of the molecule is Cc1nn(CCOc2ccc(Br)cc2)c(C)c1S(=O)(=O)Cl. The van der Waals surface area contributed by atoms with Crippen molar-refractivity contribution in [2.75, 3.05) is 6.61 Å². The minimum atomic E-state index is -3.78. The molecule has 1 aromatic heterocycles. The van der Waals surface area contributed by atoms with Gasteiger partial charge in [-0.05, 0) is 38.1 Å². The van der Waals surface area contributed by atoms with Crippen LogP contribution in [0.25, 0.3) is 0 Å². The summed E-state index contributed by atoms with van der Waals surface area (Å²) >= 11 is 3.35. The summed E-state index contributed by atoms with van der Waals surface area (Å²) in [6, 6.07) is 7.47. The van der Waals surface area contributed by atoms with Gasteiger partial charge >= 0.3 is 0 Å². The van der Waals surface area contributed by atoms with Crippen molar-refractivity contribution in [2.45, 2.75) is 25.3 Å². The van der Waals surface area contributed by atoms with E-state index >= 15 is 0 Å². The summed E-state index contributed by atoms with van der Waals surface area (Å²) in [5, 5.41) is 4.19. The Labute approximate surface area is 136 Å². The highest BCUT2D eigenvalue weighted by Crippen LogP contribution is 2.23. The maximum Gasteiger partial charge on any atom is 0.264 e. The first-order chi connectivity index (χ1) is 9.79. The van der Waals surface area contributed by atoms with Gasteiger partial charge in [0.25, 0.3) is 9.05 Å². The molecular formula is C13H14BrClN2O3S. The van der Waals surface area contributed by atoms with Crippen LogP contribution in [0, 0.1) is 13.8 Å². The largest absolute Gasteiger partial charge is 0.492 e. The molecule has 0 aliphatic heterocycles. The van der Waals surface area contributed by atoms with Gasteiger partial charge in [-0.3, -0.25) is 4.68 Å². The zero-order chi connectivity index (χ0) is 15.6. The van der Waals surface area contributed by atoms with Crippen LogP contribution in [-0.4, -0.2) is 24.8 Å². The molecule has 0 fully saturated rings. The molecule has 2 aromatic rings. The molecule has 0 saturated heterocycles. The summed E-state index contributed by atoms with van der Waals surface area (Å²) in [6.45, 7) is 4.11. The number of ether oxygens (including phenoxy) is 1. The zero-order valence-electron chi connectivity index (χ0n) is 11.5. The second kappa shape index (κ2) is 6.37. The van der Waals surface area contributed by atoms with Crippen molar-refractivity contribution in [1.82, 2.24) is 9.78 Å². The molecule has 0 spiro atoms. The molecule has 0 aliphatic rings. The van der Waals surface area contributed by atoms with Gasteiger partial charge in [-0.15, -0.1) is 0 Å². The van der Waals surface area contributed by atoms with Crippen LogP contribution >= 0.6 is 26.6 Å². The van der Waals surface area contributed by atoms with Crippen LogP contribution in [0.3, 0.4) is 0 Å². The summed E-state index contributed by atoms with van der Waals surface area (Å²) in [5.41, 5.74) is 0.910. The molecule has 114 valence electrons. The van der Waals surface area contributed by atoms with Gasteiger partial charge in [0.2, 0.25) is 0 Å². The van der Waals surface area contributed by atoms with Crippen molar-refractivity contribution in [3.63, 3.8) is 0 Å². The average Bonchev–Trinajstić information content (AvgIpc) is 2.66.